The highest BCUT2D eigenvalue weighted by Crippen LogP contribution is 2.19. The minimum Gasteiger partial charge on any atom is -0.373 e. The maximum absolute atomic E-state index is 12.4. The molecule has 1 amide bonds. The predicted molar refractivity (Wildman–Crippen MR) is 94.8 cm³/mol. The van der Waals surface area contributed by atoms with Gasteiger partial charge in [-0.3, -0.25) is 10.2 Å². The van der Waals surface area contributed by atoms with Gasteiger partial charge in [-0.2, -0.15) is 0 Å². The van der Waals surface area contributed by atoms with E-state index in [1.807, 2.05) is 25.2 Å². The van der Waals surface area contributed by atoms with E-state index < -0.39 is 0 Å². The highest BCUT2D eigenvalue weighted by atomic mass is 35.5. The monoisotopic (exact) mass is 339 g/mol. The van der Waals surface area contributed by atoms with Crippen LogP contribution in [0, 0.1) is 5.92 Å². The lowest BCUT2D eigenvalue weighted by atomic mass is 9.89. The molecule has 7 heteroatoms. The molecule has 0 bridgehead atoms. The molecule has 128 valence electrons. The lowest BCUT2D eigenvalue weighted by Crippen LogP contribution is -2.50. The number of likely N-dealkylation sites (N-methyl/N-ethyl adjacent to an activating group) is 1. The molecule has 2 saturated heterocycles. The summed E-state index contributed by atoms with van der Waals surface area (Å²) < 4.78 is 0. The number of carbonyl (C=O) groups is 1. The molecule has 0 radical (unpaired) electrons. The number of fused-ring (bicyclic) bond motifs is 1. The van der Waals surface area contributed by atoms with Crippen molar-refractivity contribution in [2.24, 2.45) is 5.92 Å². The molecule has 6 nitrogen and oxygen atoms in total. The number of nitrogens with one attached hydrogen (secondary N) is 4. The highest BCUT2D eigenvalue weighted by Gasteiger charge is 2.40. The average Bonchev–Trinajstić information content (AvgIpc) is 2.99. The molecule has 1 aromatic carbocycles. The molecule has 1 aromatic rings. The molecular formula is C16H26ClN5O. The van der Waals surface area contributed by atoms with Crippen LogP contribution in [0.1, 0.15) is 6.42 Å². The van der Waals surface area contributed by atoms with Gasteiger partial charge >= 0.3 is 0 Å². The third-order valence-corrected chi connectivity index (χ3v) is 4.61. The molecule has 3 unspecified atom stereocenters. The summed E-state index contributed by atoms with van der Waals surface area (Å²) in [5.41, 5.74) is 7.57. The highest BCUT2D eigenvalue weighted by molar-refractivity contribution is 5.85. The van der Waals surface area contributed by atoms with Crippen LogP contribution < -0.4 is 26.4 Å². The summed E-state index contributed by atoms with van der Waals surface area (Å²) in [6, 6.07) is 10.5. The van der Waals surface area contributed by atoms with Gasteiger partial charge in [0, 0.05) is 44.3 Å². The van der Waals surface area contributed by atoms with Crippen LogP contribution in [0.5, 0.6) is 0 Å². The summed E-state index contributed by atoms with van der Waals surface area (Å²) in [5.74, 6) is 0.422. The second kappa shape index (κ2) is 8.49. The van der Waals surface area contributed by atoms with Crippen LogP contribution in [0.3, 0.4) is 0 Å². The van der Waals surface area contributed by atoms with Crippen molar-refractivity contribution in [2.45, 2.75) is 18.5 Å². The molecule has 2 aliphatic heterocycles. The first-order valence-electron chi connectivity index (χ1n) is 8.01. The molecule has 0 saturated carbocycles. The molecule has 2 heterocycles. The Bertz CT molecular complexity index is 501. The van der Waals surface area contributed by atoms with E-state index in [-0.39, 0.29) is 24.4 Å². The topological polar surface area (TPSA) is 68.4 Å². The number of hydrogen-bond donors (Lipinski definition) is 4. The fourth-order valence-corrected chi connectivity index (χ4v) is 3.24. The first kappa shape index (κ1) is 18.0. The molecule has 4 N–H and O–H groups in total. The van der Waals surface area contributed by atoms with Gasteiger partial charge in [-0.1, -0.05) is 18.2 Å². The fourth-order valence-electron chi connectivity index (χ4n) is 3.24. The Morgan fingerprint density at radius 2 is 2.09 bits per heavy atom. The zero-order valence-electron chi connectivity index (χ0n) is 13.4. The van der Waals surface area contributed by atoms with Gasteiger partial charge in [0.25, 0.3) is 0 Å². The zero-order chi connectivity index (χ0) is 15.4. The lowest BCUT2D eigenvalue weighted by Gasteiger charge is -2.27. The van der Waals surface area contributed by atoms with Crippen LogP contribution in [0.25, 0.3) is 0 Å². The molecule has 3 rings (SSSR count). The van der Waals surface area contributed by atoms with E-state index in [2.05, 4.69) is 38.5 Å². The van der Waals surface area contributed by atoms with E-state index in [9.17, 15) is 4.79 Å². The van der Waals surface area contributed by atoms with E-state index in [4.69, 9.17) is 0 Å². The van der Waals surface area contributed by atoms with E-state index >= 15 is 0 Å². The second-order valence-electron chi connectivity index (χ2n) is 6.08. The summed E-state index contributed by atoms with van der Waals surface area (Å²) >= 11 is 0. The van der Waals surface area contributed by atoms with Crippen molar-refractivity contribution in [3.8, 4) is 0 Å². The van der Waals surface area contributed by atoms with Gasteiger partial charge in [0.2, 0.25) is 5.91 Å². The van der Waals surface area contributed by atoms with Gasteiger partial charge in [0.05, 0.1) is 0 Å². The maximum Gasteiger partial charge on any atom is 0.238 e. The number of carbonyl (C=O) groups excluding carboxylic acids is 1. The maximum atomic E-state index is 12.4. The number of benzene rings is 1. The van der Waals surface area contributed by atoms with Crippen molar-refractivity contribution in [3.63, 3.8) is 0 Å². The first-order chi connectivity index (χ1) is 10.8. The van der Waals surface area contributed by atoms with E-state index in [0.29, 0.717) is 18.5 Å². The van der Waals surface area contributed by atoms with Crippen LogP contribution in [0.2, 0.25) is 0 Å². The van der Waals surface area contributed by atoms with Crippen molar-refractivity contribution in [2.75, 3.05) is 38.1 Å². The van der Waals surface area contributed by atoms with E-state index in [1.54, 1.807) is 0 Å². The summed E-state index contributed by atoms with van der Waals surface area (Å²) in [5, 5.41) is 6.42. The standard InChI is InChI=1S/C16H25N5O.ClH/c1-21(12-5-3-2-4-6-12)10-9-18-16(22)15-13-11-17-8-7-14(13)19-20-15;/h2-6,13-15,17,19-20H,7-11H2,1H3,(H,18,22);1H. The molecular weight excluding hydrogens is 314 g/mol. The molecule has 2 aliphatic rings. The Kier molecular flexibility index (Phi) is 6.65. The van der Waals surface area contributed by atoms with E-state index in [0.717, 1.165) is 31.7 Å². The molecule has 3 atom stereocenters. The number of hydrogen-bond acceptors (Lipinski definition) is 5. The van der Waals surface area contributed by atoms with Crippen LogP contribution in [0.4, 0.5) is 5.69 Å². The number of piperidine rings is 1. The summed E-state index contributed by atoms with van der Waals surface area (Å²) in [4.78, 5) is 14.5. The van der Waals surface area contributed by atoms with Gasteiger partial charge < -0.3 is 15.5 Å². The smallest absolute Gasteiger partial charge is 0.238 e. The van der Waals surface area contributed by atoms with Crippen LogP contribution in [-0.4, -0.2) is 51.2 Å². The van der Waals surface area contributed by atoms with Crippen molar-refractivity contribution < 1.29 is 4.79 Å². The van der Waals surface area contributed by atoms with Crippen molar-refractivity contribution in [1.82, 2.24) is 21.5 Å². The Morgan fingerprint density at radius 3 is 2.87 bits per heavy atom. The van der Waals surface area contributed by atoms with Gasteiger partial charge in [-0.25, -0.2) is 5.43 Å². The number of rotatable bonds is 5. The summed E-state index contributed by atoms with van der Waals surface area (Å²) in [6.07, 6.45) is 1.07. The third-order valence-electron chi connectivity index (χ3n) is 4.61. The summed E-state index contributed by atoms with van der Waals surface area (Å²) in [7, 11) is 2.04. The van der Waals surface area contributed by atoms with E-state index in [1.165, 1.54) is 0 Å². The van der Waals surface area contributed by atoms with Gasteiger partial charge in [-0.05, 0) is 25.1 Å². The average molecular weight is 340 g/mol. The zero-order valence-corrected chi connectivity index (χ0v) is 14.2. The SMILES string of the molecule is CN(CCNC(=O)C1NNC2CCNCC21)c1ccccc1.Cl. The molecule has 23 heavy (non-hydrogen) atoms. The lowest BCUT2D eigenvalue weighted by molar-refractivity contribution is -0.123. The third kappa shape index (κ3) is 4.35. The van der Waals surface area contributed by atoms with Gasteiger partial charge in [0.1, 0.15) is 6.04 Å². The van der Waals surface area contributed by atoms with Crippen LogP contribution in [-0.2, 0) is 4.79 Å². The van der Waals surface area contributed by atoms with Gasteiger partial charge in [0.15, 0.2) is 0 Å². The quantitative estimate of drug-likeness (QED) is 0.613. The van der Waals surface area contributed by atoms with Crippen LogP contribution >= 0.6 is 12.4 Å². The van der Waals surface area contributed by atoms with Crippen molar-refractivity contribution in [1.29, 1.82) is 0 Å². The molecule has 0 aromatic heterocycles. The fraction of sp³-hybridized carbons (Fsp3) is 0.562. The van der Waals surface area contributed by atoms with Crippen LogP contribution in [0.15, 0.2) is 30.3 Å². The Labute approximate surface area is 143 Å². The van der Waals surface area contributed by atoms with Crippen molar-refractivity contribution >= 4 is 24.0 Å². The second-order valence-corrected chi connectivity index (χ2v) is 6.08. The minimum absolute atomic E-state index is 0. The number of halogens is 1. The van der Waals surface area contributed by atoms with Gasteiger partial charge in [-0.15, -0.1) is 12.4 Å². The molecule has 0 spiro atoms. The largest absolute Gasteiger partial charge is 0.373 e. The minimum atomic E-state index is -0.139. The number of amides is 1. The number of anilines is 1. The molecule has 2 fully saturated rings. The Hall–Kier alpha value is -1.34. The number of para-hydroxylation sites is 1. The first-order valence-corrected chi connectivity index (χ1v) is 8.01. The van der Waals surface area contributed by atoms with Crippen molar-refractivity contribution in [3.05, 3.63) is 30.3 Å². The Balaban J connectivity index is 0.00000192. The summed E-state index contributed by atoms with van der Waals surface area (Å²) in [6.45, 7) is 3.36. The Morgan fingerprint density at radius 1 is 1.30 bits per heavy atom. The number of nitrogens with zero attached hydrogens (tertiary/aromatic N) is 1. The number of hydrazine groups is 1. The molecule has 0 aliphatic carbocycles. The normalized spacial score (nSPS) is 26.0. The predicted octanol–water partition coefficient (Wildman–Crippen LogP) is 0.115.